The van der Waals surface area contributed by atoms with Gasteiger partial charge in [0.15, 0.2) is 5.34 Å². The molecule has 1 unspecified atom stereocenters. The lowest BCUT2D eigenvalue weighted by Crippen LogP contribution is -2.28. The molecular formula is C14H20NO7P. The lowest BCUT2D eigenvalue weighted by atomic mass is 10.1. The van der Waals surface area contributed by atoms with Gasteiger partial charge in [-0.15, -0.1) is 0 Å². The van der Waals surface area contributed by atoms with E-state index in [0.717, 1.165) is 6.92 Å². The first-order valence-corrected chi connectivity index (χ1v) is 8.51. The molecular weight excluding hydrogens is 325 g/mol. The molecule has 1 aromatic carbocycles. The number of carbonyl (C=O) groups is 2. The summed E-state index contributed by atoms with van der Waals surface area (Å²) >= 11 is 0. The number of rotatable bonds is 8. The van der Waals surface area contributed by atoms with Crippen LogP contribution in [0.25, 0.3) is 0 Å². The number of hydrogen-bond donors (Lipinski definition) is 5. The number of carbonyl (C=O) groups excluding carboxylic acids is 1. The molecule has 0 aromatic heterocycles. The number of carboxylic acids is 1. The van der Waals surface area contributed by atoms with Gasteiger partial charge in [0, 0.05) is 12.1 Å². The van der Waals surface area contributed by atoms with E-state index in [1.807, 2.05) is 0 Å². The summed E-state index contributed by atoms with van der Waals surface area (Å²) in [6, 6.07) is 6.09. The van der Waals surface area contributed by atoms with Crippen LogP contribution in [0.4, 0.5) is 0 Å². The van der Waals surface area contributed by atoms with E-state index in [1.165, 1.54) is 12.1 Å². The van der Waals surface area contributed by atoms with Gasteiger partial charge in [-0.25, -0.2) is 0 Å². The summed E-state index contributed by atoms with van der Waals surface area (Å²) in [7, 11) is -4.61. The van der Waals surface area contributed by atoms with E-state index >= 15 is 0 Å². The number of benzene rings is 1. The third-order valence-electron chi connectivity index (χ3n) is 3.31. The van der Waals surface area contributed by atoms with Gasteiger partial charge in [-0.05, 0) is 37.5 Å². The van der Waals surface area contributed by atoms with Crippen molar-refractivity contribution >= 4 is 19.5 Å². The summed E-state index contributed by atoms with van der Waals surface area (Å²) in [5, 5.41) is 18.7. The Balaban J connectivity index is 2.45. The molecule has 128 valence electrons. The highest BCUT2D eigenvalue weighted by atomic mass is 31.2. The third kappa shape index (κ3) is 6.11. The molecule has 1 amide bonds. The van der Waals surface area contributed by atoms with Gasteiger partial charge in [-0.2, -0.15) is 0 Å². The maximum atomic E-state index is 11.9. The van der Waals surface area contributed by atoms with Crippen molar-refractivity contribution in [3.05, 3.63) is 35.4 Å². The van der Waals surface area contributed by atoms with E-state index in [2.05, 4.69) is 5.32 Å². The van der Waals surface area contributed by atoms with E-state index < -0.39 is 18.9 Å². The number of carboxylic acid groups (broad SMARTS) is 1. The smallest absolute Gasteiger partial charge is 0.356 e. The number of amides is 1. The average Bonchev–Trinajstić information content (AvgIpc) is 2.42. The lowest BCUT2D eigenvalue weighted by Gasteiger charge is -2.24. The molecule has 0 bridgehead atoms. The van der Waals surface area contributed by atoms with Crippen molar-refractivity contribution in [3.8, 4) is 0 Å². The van der Waals surface area contributed by atoms with Crippen molar-refractivity contribution in [2.45, 2.75) is 31.5 Å². The normalized spacial score (nSPS) is 14.1. The SMILES string of the molecule is CC(O)(CCCNC(=O)c1ccc(CC(=O)O)cc1)P(=O)(O)O. The molecule has 0 aliphatic rings. The first-order valence-electron chi connectivity index (χ1n) is 6.90. The van der Waals surface area contributed by atoms with Gasteiger partial charge in [-0.1, -0.05) is 12.1 Å². The van der Waals surface area contributed by atoms with Gasteiger partial charge in [0.25, 0.3) is 5.91 Å². The Morgan fingerprint density at radius 2 is 1.78 bits per heavy atom. The Kier molecular flexibility index (Phi) is 6.47. The molecule has 0 aliphatic carbocycles. The summed E-state index contributed by atoms with van der Waals surface area (Å²) < 4.78 is 11.0. The quantitative estimate of drug-likeness (QED) is 0.345. The molecule has 8 nitrogen and oxygen atoms in total. The molecule has 0 aliphatic heterocycles. The van der Waals surface area contributed by atoms with E-state index in [0.29, 0.717) is 11.1 Å². The first-order chi connectivity index (χ1) is 10.5. The Hall–Kier alpha value is -1.73. The van der Waals surface area contributed by atoms with Crippen molar-refractivity contribution in [2.75, 3.05) is 6.54 Å². The minimum absolute atomic E-state index is 0.126. The van der Waals surface area contributed by atoms with Gasteiger partial charge in [0.2, 0.25) is 0 Å². The largest absolute Gasteiger partial charge is 0.481 e. The van der Waals surface area contributed by atoms with Crippen LogP contribution < -0.4 is 5.32 Å². The summed E-state index contributed by atoms with van der Waals surface area (Å²) in [6.07, 6.45) is -0.0879. The van der Waals surface area contributed by atoms with Crippen LogP contribution >= 0.6 is 7.60 Å². The van der Waals surface area contributed by atoms with E-state index in [4.69, 9.17) is 14.9 Å². The van der Waals surface area contributed by atoms with Crippen LogP contribution in [0.1, 0.15) is 35.7 Å². The van der Waals surface area contributed by atoms with Crippen LogP contribution in [0.2, 0.25) is 0 Å². The summed E-state index contributed by atoms with van der Waals surface area (Å²) in [5.74, 6) is -1.35. The molecule has 0 spiro atoms. The molecule has 0 saturated heterocycles. The zero-order valence-electron chi connectivity index (χ0n) is 12.6. The van der Waals surface area contributed by atoms with Crippen molar-refractivity contribution < 1.29 is 34.2 Å². The van der Waals surface area contributed by atoms with Crippen LogP contribution in [0.3, 0.4) is 0 Å². The predicted octanol–water partition coefficient (Wildman–Crippen LogP) is 0.710. The fraction of sp³-hybridized carbons (Fsp3) is 0.429. The van der Waals surface area contributed by atoms with Gasteiger partial charge >= 0.3 is 13.6 Å². The van der Waals surface area contributed by atoms with Crippen LogP contribution in [0.5, 0.6) is 0 Å². The van der Waals surface area contributed by atoms with Crippen molar-refractivity contribution in [1.82, 2.24) is 5.32 Å². The maximum absolute atomic E-state index is 11.9. The Morgan fingerprint density at radius 1 is 1.22 bits per heavy atom. The Labute approximate surface area is 133 Å². The lowest BCUT2D eigenvalue weighted by molar-refractivity contribution is -0.136. The zero-order chi connectivity index (χ0) is 17.7. The molecule has 0 saturated carbocycles. The van der Waals surface area contributed by atoms with Crippen LogP contribution in [0.15, 0.2) is 24.3 Å². The molecule has 0 heterocycles. The summed E-state index contributed by atoms with van der Waals surface area (Å²) in [6.45, 7) is 1.20. The highest BCUT2D eigenvalue weighted by molar-refractivity contribution is 7.53. The van der Waals surface area contributed by atoms with Crippen molar-refractivity contribution in [1.29, 1.82) is 0 Å². The molecule has 23 heavy (non-hydrogen) atoms. The molecule has 1 rings (SSSR count). The van der Waals surface area contributed by atoms with Crippen LogP contribution in [-0.2, 0) is 15.8 Å². The predicted molar refractivity (Wildman–Crippen MR) is 82.0 cm³/mol. The second-order valence-electron chi connectivity index (χ2n) is 5.39. The second-order valence-corrected chi connectivity index (χ2v) is 7.44. The minimum atomic E-state index is -4.61. The molecule has 0 fully saturated rings. The van der Waals surface area contributed by atoms with Gasteiger partial charge in [0.1, 0.15) is 0 Å². The van der Waals surface area contributed by atoms with E-state index in [1.54, 1.807) is 12.1 Å². The van der Waals surface area contributed by atoms with Gasteiger partial charge in [0.05, 0.1) is 6.42 Å². The van der Waals surface area contributed by atoms with Gasteiger partial charge in [-0.3, -0.25) is 14.2 Å². The number of aliphatic carboxylic acids is 1. The zero-order valence-corrected chi connectivity index (χ0v) is 13.5. The highest BCUT2D eigenvalue weighted by Gasteiger charge is 2.39. The number of aliphatic hydroxyl groups is 1. The molecule has 5 N–H and O–H groups in total. The number of hydrogen-bond acceptors (Lipinski definition) is 4. The number of nitrogens with one attached hydrogen (secondary N) is 1. The minimum Gasteiger partial charge on any atom is -0.481 e. The van der Waals surface area contributed by atoms with Crippen LogP contribution in [-0.4, -0.2) is 43.8 Å². The Morgan fingerprint density at radius 3 is 2.26 bits per heavy atom. The standard InChI is InChI=1S/C14H20NO7P/c1-14(19,23(20,21)22)7-2-8-15-13(18)11-5-3-10(4-6-11)9-12(16)17/h3-6,19H,2,7-9H2,1H3,(H,15,18)(H,16,17)(H2,20,21,22). The monoisotopic (exact) mass is 345 g/mol. The fourth-order valence-electron chi connectivity index (χ4n) is 1.82. The summed E-state index contributed by atoms with van der Waals surface area (Å²) in [5.41, 5.74) is 0.924. The summed E-state index contributed by atoms with van der Waals surface area (Å²) in [4.78, 5) is 40.3. The van der Waals surface area contributed by atoms with E-state index in [9.17, 15) is 19.3 Å². The highest BCUT2D eigenvalue weighted by Crippen LogP contribution is 2.50. The van der Waals surface area contributed by atoms with Crippen LogP contribution in [0, 0.1) is 0 Å². The van der Waals surface area contributed by atoms with Crippen molar-refractivity contribution in [3.63, 3.8) is 0 Å². The van der Waals surface area contributed by atoms with Gasteiger partial charge < -0.3 is 25.3 Å². The Bertz CT molecular complexity index is 606. The molecule has 1 atom stereocenters. The second kappa shape index (κ2) is 7.70. The molecule has 1 aromatic rings. The third-order valence-corrected chi connectivity index (χ3v) is 4.79. The first kappa shape index (κ1) is 19.3. The van der Waals surface area contributed by atoms with E-state index in [-0.39, 0.29) is 31.7 Å². The van der Waals surface area contributed by atoms with Crippen molar-refractivity contribution in [2.24, 2.45) is 0 Å². The average molecular weight is 345 g/mol. The molecule has 0 radical (unpaired) electrons. The maximum Gasteiger partial charge on any atom is 0.356 e. The molecule has 9 heteroatoms. The fourth-order valence-corrected chi connectivity index (χ4v) is 2.27. The topological polar surface area (TPSA) is 144 Å².